The van der Waals surface area contributed by atoms with Crippen LogP contribution in [0.25, 0.3) is 5.76 Å². The molecule has 0 aromatic heterocycles. The Morgan fingerprint density at radius 3 is 2.17 bits per heavy atom. The fourth-order valence-corrected chi connectivity index (χ4v) is 8.28. The van der Waals surface area contributed by atoms with Crippen LogP contribution >= 0.6 is 0 Å². The van der Waals surface area contributed by atoms with Crippen LogP contribution in [0.2, 0.25) is 0 Å². The van der Waals surface area contributed by atoms with E-state index in [-0.39, 0.29) is 35.1 Å². The predicted molar refractivity (Wildman–Crippen MR) is 158 cm³/mol. The van der Waals surface area contributed by atoms with E-state index in [2.05, 4.69) is 27.7 Å². The summed E-state index contributed by atoms with van der Waals surface area (Å²) in [7, 11) is 0. The van der Waals surface area contributed by atoms with Gasteiger partial charge in [0.15, 0.2) is 17.2 Å². The number of carbonyl (C=O) groups is 3. The smallest absolute Gasteiger partial charge is 0.203 e. The second-order valence-corrected chi connectivity index (χ2v) is 14.2. The van der Waals surface area contributed by atoms with E-state index in [1.54, 1.807) is 20.8 Å². The third kappa shape index (κ3) is 4.29. The van der Waals surface area contributed by atoms with E-state index in [1.807, 2.05) is 13.0 Å². The molecular formula is C34H46O7. The number of phenols is 1. The molecule has 0 spiro atoms. The van der Waals surface area contributed by atoms with Gasteiger partial charge in [-0.05, 0) is 67.1 Å². The van der Waals surface area contributed by atoms with Crippen molar-refractivity contribution >= 4 is 23.1 Å². The molecule has 1 saturated carbocycles. The summed E-state index contributed by atoms with van der Waals surface area (Å²) in [6.45, 7) is 16.6. The van der Waals surface area contributed by atoms with E-state index in [4.69, 9.17) is 0 Å². The molecule has 3 aliphatic carbocycles. The number of phenolic OH excluding ortho intramolecular Hbond substituents is 1. The summed E-state index contributed by atoms with van der Waals surface area (Å²) in [6, 6.07) is 2.01. The van der Waals surface area contributed by atoms with E-state index >= 15 is 0 Å². The van der Waals surface area contributed by atoms with E-state index < -0.39 is 56.8 Å². The Kier molecular flexibility index (Phi) is 7.65. The molecule has 3 aliphatic rings. The second kappa shape index (κ2) is 10.1. The first-order valence-electron chi connectivity index (χ1n) is 14.9. The molecule has 7 heteroatoms. The van der Waals surface area contributed by atoms with Crippen molar-refractivity contribution in [3.63, 3.8) is 0 Å². The van der Waals surface area contributed by atoms with Gasteiger partial charge in [0.2, 0.25) is 5.78 Å². The molecule has 1 unspecified atom stereocenters. The van der Waals surface area contributed by atoms with Crippen LogP contribution in [0, 0.1) is 28.6 Å². The van der Waals surface area contributed by atoms with Crippen LogP contribution < -0.4 is 0 Å². The summed E-state index contributed by atoms with van der Waals surface area (Å²) in [5.41, 5.74) is -3.08. The van der Waals surface area contributed by atoms with Crippen LogP contribution in [0.3, 0.4) is 0 Å². The van der Waals surface area contributed by atoms with Crippen molar-refractivity contribution in [1.82, 2.24) is 0 Å². The Labute approximate surface area is 243 Å². The summed E-state index contributed by atoms with van der Waals surface area (Å²) in [6.07, 6.45) is 2.83. The average Bonchev–Trinajstić information content (AvgIpc) is 2.81. The summed E-state index contributed by atoms with van der Waals surface area (Å²) in [5, 5.41) is 46.9. The number of hydrogen-bond donors (Lipinski definition) is 4. The maximum absolute atomic E-state index is 14.5. The molecule has 4 rings (SSSR count). The number of aliphatic hydroxyl groups is 3. The molecule has 224 valence electrons. The van der Waals surface area contributed by atoms with Crippen LogP contribution in [0.1, 0.15) is 110 Å². The van der Waals surface area contributed by atoms with Crippen molar-refractivity contribution in [2.45, 2.75) is 106 Å². The van der Waals surface area contributed by atoms with Crippen molar-refractivity contribution in [2.75, 3.05) is 0 Å². The highest BCUT2D eigenvalue weighted by Gasteiger charge is 2.72. The van der Waals surface area contributed by atoms with Gasteiger partial charge in [0.25, 0.3) is 0 Å². The zero-order valence-electron chi connectivity index (χ0n) is 25.9. The van der Waals surface area contributed by atoms with Crippen LogP contribution in [0.4, 0.5) is 0 Å². The van der Waals surface area contributed by atoms with Gasteiger partial charge in [-0.3, -0.25) is 14.4 Å². The zero-order valence-corrected chi connectivity index (χ0v) is 25.9. The Morgan fingerprint density at radius 2 is 1.66 bits per heavy atom. The quantitative estimate of drug-likeness (QED) is 0.285. The topological polar surface area (TPSA) is 132 Å². The number of carbonyl (C=O) groups excluding carboxylic acids is 3. The van der Waals surface area contributed by atoms with Gasteiger partial charge < -0.3 is 20.4 Å². The molecule has 1 fully saturated rings. The number of benzene rings is 1. The first-order valence-corrected chi connectivity index (χ1v) is 14.9. The Bertz CT molecular complexity index is 1390. The Morgan fingerprint density at radius 1 is 1.05 bits per heavy atom. The van der Waals surface area contributed by atoms with E-state index in [9.17, 15) is 34.8 Å². The van der Waals surface area contributed by atoms with E-state index in [0.717, 1.165) is 30.9 Å². The minimum Gasteiger partial charge on any atom is -0.508 e. The molecule has 1 aromatic carbocycles. The summed E-state index contributed by atoms with van der Waals surface area (Å²) >= 11 is 0. The van der Waals surface area contributed by atoms with Gasteiger partial charge in [0, 0.05) is 22.3 Å². The number of hydrogen-bond acceptors (Lipinski definition) is 7. The molecule has 4 N–H and O–H groups in total. The molecule has 0 aliphatic heterocycles. The lowest BCUT2D eigenvalue weighted by Crippen LogP contribution is -2.69. The number of Topliss-reactive ketones (excluding diaryl/α,β-unsaturated/α-hetero) is 3. The fraction of sp³-hybridized carbons (Fsp3) is 0.618. The van der Waals surface area contributed by atoms with Gasteiger partial charge >= 0.3 is 0 Å². The van der Waals surface area contributed by atoms with Gasteiger partial charge in [-0.25, -0.2) is 0 Å². The van der Waals surface area contributed by atoms with Gasteiger partial charge in [0.1, 0.15) is 22.8 Å². The van der Waals surface area contributed by atoms with E-state index in [0.29, 0.717) is 24.3 Å². The highest BCUT2D eigenvalue weighted by Crippen LogP contribution is 2.65. The largest absolute Gasteiger partial charge is 0.508 e. The predicted octanol–water partition coefficient (Wildman–Crippen LogP) is 6.29. The SMILES string of the molecule is CC(=O)C1=C(O)[C@]2(O)C(=O)C3=C(O)c4c(O)c(CCCC(C)C)cc(C(C)C)c4C[C@]3(C)C[C@]2(C)C(C(C)C)C1=O. The number of aromatic hydroxyl groups is 1. The van der Waals surface area contributed by atoms with Gasteiger partial charge in [0.05, 0.1) is 5.56 Å². The number of aryl methyl sites for hydroxylation is 1. The Balaban J connectivity index is 2.03. The third-order valence-electron chi connectivity index (χ3n) is 9.97. The van der Waals surface area contributed by atoms with Gasteiger partial charge in [-0.2, -0.15) is 0 Å². The molecule has 0 amide bonds. The summed E-state index contributed by atoms with van der Waals surface area (Å²) in [5.74, 6) is -4.35. The molecule has 0 heterocycles. The number of allylic oxidation sites excluding steroid dienone is 1. The van der Waals surface area contributed by atoms with Crippen molar-refractivity contribution in [1.29, 1.82) is 0 Å². The maximum Gasteiger partial charge on any atom is 0.203 e. The maximum atomic E-state index is 14.5. The molecule has 41 heavy (non-hydrogen) atoms. The highest BCUT2D eigenvalue weighted by molar-refractivity contribution is 6.24. The zero-order chi connectivity index (χ0) is 31.0. The Hall–Kier alpha value is -2.93. The van der Waals surface area contributed by atoms with Crippen LogP contribution in [0.15, 0.2) is 23.0 Å². The molecular weight excluding hydrogens is 520 g/mol. The van der Waals surface area contributed by atoms with Crippen LogP contribution in [-0.2, 0) is 27.2 Å². The lowest BCUT2D eigenvalue weighted by atomic mass is 9.43. The van der Waals surface area contributed by atoms with Gasteiger partial charge in [-0.1, -0.05) is 67.9 Å². The lowest BCUT2D eigenvalue weighted by Gasteiger charge is -2.60. The summed E-state index contributed by atoms with van der Waals surface area (Å²) in [4.78, 5) is 40.7. The first-order chi connectivity index (χ1) is 18.8. The standard InChI is InChI=1S/C34H46O7/c1-16(2)11-10-12-20-13-21(17(3)4)22-14-32(8)15-33(9)25(18(5)6)28(37)23(19(7)35)30(39)34(33,41)31(40)26(32)29(38)24(22)27(20)36/h13,16-18,25,36,38-39,41H,10-12,14-15H2,1-9H3/t25?,32-,33-,34+/m1/s1. The van der Waals surface area contributed by atoms with Crippen LogP contribution in [0.5, 0.6) is 5.75 Å². The molecule has 4 atom stereocenters. The van der Waals surface area contributed by atoms with Crippen molar-refractivity contribution < 1.29 is 34.8 Å². The number of rotatable bonds is 7. The average molecular weight is 567 g/mol. The van der Waals surface area contributed by atoms with Crippen molar-refractivity contribution in [3.05, 3.63) is 45.2 Å². The first kappa shape index (κ1) is 31.0. The fourth-order valence-electron chi connectivity index (χ4n) is 8.28. The number of fused-ring (bicyclic) bond motifs is 3. The van der Waals surface area contributed by atoms with Crippen LogP contribution in [-0.4, -0.2) is 43.4 Å². The molecule has 0 saturated heterocycles. The van der Waals surface area contributed by atoms with E-state index in [1.165, 1.54) is 0 Å². The lowest BCUT2D eigenvalue weighted by molar-refractivity contribution is -0.178. The van der Waals surface area contributed by atoms with Crippen molar-refractivity contribution in [3.8, 4) is 5.75 Å². The van der Waals surface area contributed by atoms with Crippen molar-refractivity contribution in [2.24, 2.45) is 28.6 Å². The minimum absolute atomic E-state index is 0.0720. The monoisotopic (exact) mass is 566 g/mol. The minimum atomic E-state index is -2.59. The molecule has 0 bridgehead atoms. The normalized spacial score (nSPS) is 29.8. The third-order valence-corrected chi connectivity index (χ3v) is 9.97. The number of ketones is 3. The second-order valence-electron chi connectivity index (χ2n) is 14.2. The molecule has 0 radical (unpaired) electrons. The van der Waals surface area contributed by atoms with Gasteiger partial charge in [-0.15, -0.1) is 0 Å². The molecule has 1 aromatic rings. The molecule has 7 nitrogen and oxygen atoms in total. The number of aliphatic hydroxyl groups excluding tert-OH is 2. The highest BCUT2D eigenvalue weighted by atomic mass is 16.3. The summed E-state index contributed by atoms with van der Waals surface area (Å²) < 4.78 is 0.